The number of anilines is 1. The molecule has 0 bridgehead atoms. The van der Waals surface area contributed by atoms with Gasteiger partial charge in [-0.05, 0) is 43.7 Å². The lowest BCUT2D eigenvalue weighted by Crippen LogP contribution is -2.31. The number of amides is 2. The summed E-state index contributed by atoms with van der Waals surface area (Å²) in [6.45, 7) is 3.94. The second kappa shape index (κ2) is 9.64. The predicted molar refractivity (Wildman–Crippen MR) is 108 cm³/mol. The molecule has 1 atom stereocenters. The maximum absolute atomic E-state index is 12.7. The Kier molecular flexibility index (Phi) is 7.26. The highest BCUT2D eigenvalue weighted by atomic mass is 16.5. The molecule has 0 aliphatic heterocycles. The molecule has 0 radical (unpaired) electrons. The summed E-state index contributed by atoms with van der Waals surface area (Å²) in [6.07, 6.45) is 0.837. The monoisotopic (exact) mass is 386 g/mol. The van der Waals surface area contributed by atoms with Crippen LogP contribution in [0.5, 0.6) is 17.2 Å². The Bertz CT molecular complexity index is 825. The van der Waals surface area contributed by atoms with Crippen molar-refractivity contribution in [3.8, 4) is 17.2 Å². The lowest BCUT2D eigenvalue weighted by molar-refractivity contribution is 0.0938. The quantitative estimate of drug-likeness (QED) is 0.725. The minimum absolute atomic E-state index is 0.0741. The molecule has 150 valence electrons. The number of methoxy groups -OCH3 is 3. The van der Waals surface area contributed by atoms with E-state index in [1.165, 1.54) is 21.3 Å². The molecular weight excluding hydrogens is 360 g/mol. The number of rotatable bonds is 8. The highest BCUT2D eigenvalue weighted by molar-refractivity contribution is 6.06. The molecule has 0 saturated carbocycles. The maximum Gasteiger partial charge on any atom is 0.255 e. The molecule has 2 N–H and O–H groups in total. The van der Waals surface area contributed by atoms with Gasteiger partial charge in [0.2, 0.25) is 5.75 Å². The predicted octanol–water partition coefficient (Wildman–Crippen LogP) is 3.49. The van der Waals surface area contributed by atoms with E-state index in [2.05, 4.69) is 10.6 Å². The van der Waals surface area contributed by atoms with Crippen LogP contribution in [-0.2, 0) is 0 Å². The van der Waals surface area contributed by atoms with Crippen molar-refractivity contribution in [2.45, 2.75) is 26.3 Å². The van der Waals surface area contributed by atoms with Gasteiger partial charge < -0.3 is 24.8 Å². The molecule has 2 aromatic rings. The second-order valence-corrected chi connectivity index (χ2v) is 6.23. The Hall–Kier alpha value is -3.22. The van der Waals surface area contributed by atoms with Gasteiger partial charge in [-0.1, -0.05) is 13.0 Å². The average molecular weight is 386 g/mol. The van der Waals surface area contributed by atoms with Gasteiger partial charge in [-0.3, -0.25) is 9.59 Å². The molecule has 28 heavy (non-hydrogen) atoms. The van der Waals surface area contributed by atoms with E-state index in [0.717, 1.165) is 6.42 Å². The molecule has 0 fully saturated rings. The summed E-state index contributed by atoms with van der Waals surface area (Å²) >= 11 is 0. The van der Waals surface area contributed by atoms with Gasteiger partial charge in [-0.15, -0.1) is 0 Å². The lowest BCUT2D eigenvalue weighted by Gasteiger charge is -2.14. The fourth-order valence-electron chi connectivity index (χ4n) is 2.56. The summed E-state index contributed by atoms with van der Waals surface area (Å²) in [5.74, 6) is 0.629. The van der Waals surface area contributed by atoms with E-state index in [0.29, 0.717) is 34.1 Å². The maximum atomic E-state index is 12.7. The van der Waals surface area contributed by atoms with E-state index < -0.39 is 0 Å². The summed E-state index contributed by atoms with van der Waals surface area (Å²) in [6, 6.07) is 9.98. The minimum Gasteiger partial charge on any atom is -0.493 e. The van der Waals surface area contributed by atoms with Crippen LogP contribution in [0.3, 0.4) is 0 Å². The number of benzene rings is 2. The zero-order valence-electron chi connectivity index (χ0n) is 16.8. The van der Waals surface area contributed by atoms with Gasteiger partial charge in [-0.2, -0.15) is 0 Å². The van der Waals surface area contributed by atoms with Crippen LogP contribution in [0.4, 0.5) is 5.69 Å². The van der Waals surface area contributed by atoms with Gasteiger partial charge in [0.05, 0.1) is 21.3 Å². The Morgan fingerprint density at radius 1 is 0.929 bits per heavy atom. The summed E-state index contributed by atoms with van der Waals surface area (Å²) < 4.78 is 15.8. The Morgan fingerprint density at radius 3 is 2.11 bits per heavy atom. The van der Waals surface area contributed by atoms with E-state index >= 15 is 0 Å². The number of ether oxygens (including phenoxy) is 3. The zero-order chi connectivity index (χ0) is 20.7. The van der Waals surface area contributed by atoms with Crippen LogP contribution in [0.1, 0.15) is 41.0 Å². The summed E-state index contributed by atoms with van der Waals surface area (Å²) in [4.78, 5) is 25.0. The highest BCUT2D eigenvalue weighted by Crippen LogP contribution is 2.38. The first-order valence-corrected chi connectivity index (χ1v) is 8.95. The van der Waals surface area contributed by atoms with E-state index in [9.17, 15) is 9.59 Å². The highest BCUT2D eigenvalue weighted by Gasteiger charge is 2.17. The number of carbonyl (C=O) groups is 2. The third-order valence-electron chi connectivity index (χ3n) is 4.30. The van der Waals surface area contributed by atoms with Gasteiger partial charge in [0, 0.05) is 22.9 Å². The molecule has 2 aromatic carbocycles. The standard InChI is InChI=1S/C21H26N2O5/c1-6-13(2)22-20(24)14-8-7-9-16(10-14)23-21(25)15-11-17(26-3)19(28-5)18(12-15)27-4/h7-13H,6H2,1-5H3,(H,22,24)(H,23,25)/t13-/m1/s1. The van der Waals surface area contributed by atoms with Gasteiger partial charge >= 0.3 is 0 Å². The van der Waals surface area contributed by atoms with Crippen LogP contribution in [-0.4, -0.2) is 39.2 Å². The van der Waals surface area contributed by atoms with E-state index in [1.807, 2.05) is 13.8 Å². The Morgan fingerprint density at radius 2 is 1.57 bits per heavy atom. The number of nitrogens with one attached hydrogen (secondary N) is 2. The first-order chi connectivity index (χ1) is 13.4. The molecule has 0 aromatic heterocycles. The van der Waals surface area contributed by atoms with Crippen LogP contribution in [0, 0.1) is 0 Å². The van der Waals surface area contributed by atoms with Crippen molar-refractivity contribution in [3.63, 3.8) is 0 Å². The lowest BCUT2D eigenvalue weighted by atomic mass is 10.1. The summed E-state index contributed by atoms with van der Waals surface area (Å²) in [5.41, 5.74) is 1.32. The topological polar surface area (TPSA) is 85.9 Å². The molecule has 0 heterocycles. The number of hydrogen-bond donors (Lipinski definition) is 2. The van der Waals surface area contributed by atoms with Crippen LogP contribution < -0.4 is 24.8 Å². The van der Waals surface area contributed by atoms with Gasteiger partial charge in [0.1, 0.15) is 0 Å². The van der Waals surface area contributed by atoms with Crippen molar-refractivity contribution in [1.29, 1.82) is 0 Å². The molecule has 2 amide bonds. The molecule has 0 saturated heterocycles. The minimum atomic E-state index is -0.362. The van der Waals surface area contributed by atoms with E-state index in [4.69, 9.17) is 14.2 Å². The van der Waals surface area contributed by atoms with Crippen molar-refractivity contribution in [2.24, 2.45) is 0 Å². The van der Waals surface area contributed by atoms with Crippen molar-refractivity contribution in [1.82, 2.24) is 5.32 Å². The van der Waals surface area contributed by atoms with Crippen molar-refractivity contribution in [3.05, 3.63) is 47.5 Å². The third-order valence-corrected chi connectivity index (χ3v) is 4.30. The van der Waals surface area contributed by atoms with Crippen molar-refractivity contribution < 1.29 is 23.8 Å². The van der Waals surface area contributed by atoms with Gasteiger partial charge in [0.25, 0.3) is 11.8 Å². The van der Waals surface area contributed by atoms with Crippen molar-refractivity contribution >= 4 is 17.5 Å². The van der Waals surface area contributed by atoms with Crippen LogP contribution >= 0.6 is 0 Å². The SMILES string of the molecule is CC[C@@H](C)NC(=O)c1cccc(NC(=O)c2cc(OC)c(OC)c(OC)c2)c1. The molecule has 7 heteroatoms. The molecule has 7 nitrogen and oxygen atoms in total. The number of hydrogen-bond acceptors (Lipinski definition) is 5. The summed E-state index contributed by atoms with van der Waals surface area (Å²) in [5, 5.41) is 5.69. The molecule has 2 rings (SSSR count). The number of carbonyl (C=O) groups excluding carboxylic acids is 2. The molecule has 0 unspecified atom stereocenters. The van der Waals surface area contributed by atoms with E-state index in [-0.39, 0.29) is 17.9 Å². The smallest absolute Gasteiger partial charge is 0.255 e. The average Bonchev–Trinajstić information content (AvgIpc) is 2.72. The normalized spacial score (nSPS) is 11.3. The van der Waals surface area contributed by atoms with E-state index in [1.54, 1.807) is 36.4 Å². The summed E-state index contributed by atoms with van der Waals surface area (Å²) in [7, 11) is 4.47. The van der Waals surface area contributed by atoms with Crippen LogP contribution in [0.15, 0.2) is 36.4 Å². The van der Waals surface area contributed by atoms with Gasteiger partial charge in [-0.25, -0.2) is 0 Å². The van der Waals surface area contributed by atoms with Crippen LogP contribution in [0.2, 0.25) is 0 Å². The Balaban J connectivity index is 2.23. The third kappa shape index (κ3) is 4.94. The molecular formula is C21H26N2O5. The molecule has 0 aliphatic carbocycles. The largest absolute Gasteiger partial charge is 0.493 e. The molecule has 0 spiro atoms. The first-order valence-electron chi connectivity index (χ1n) is 8.95. The zero-order valence-corrected chi connectivity index (χ0v) is 16.8. The Labute approximate surface area is 165 Å². The van der Waals surface area contributed by atoms with Crippen molar-refractivity contribution in [2.75, 3.05) is 26.6 Å². The van der Waals surface area contributed by atoms with Crippen LogP contribution in [0.25, 0.3) is 0 Å². The van der Waals surface area contributed by atoms with Gasteiger partial charge in [0.15, 0.2) is 11.5 Å². The first kappa shape index (κ1) is 21.1. The second-order valence-electron chi connectivity index (χ2n) is 6.23. The fraction of sp³-hybridized carbons (Fsp3) is 0.333. The fourth-order valence-corrected chi connectivity index (χ4v) is 2.56. The molecule has 0 aliphatic rings.